The number of carbonyl (C=O) groups is 4. The summed E-state index contributed by atoms with van der Waals surface area (Å²) in [6, 6.07) is 0. The van der Waals surface area contributed by atoms with Gasteiger partial charge in [0.05, 0.1) is 26.4 Å². The number of aliphatic hydroxyl groups excluding tert-OH is 1. The van der Waals surface area contributed by atoms with E-state index in [4.69, 9.17) is 37.0 Å². The summed E-state index contributed by atoms with van der Waals surface area (Å²) in [5.74, 6) is -0.721. The van der Waals surface area contributed by atoms with Crippen molar-refractivity contribution in [2.45, 2.75) is 400 Å². The Morgan fingerprint density at radius 3 is 0.731 bits per heavy atom. The molecule has 0 bridgehead atoms. The molecule has 0 aromatic rings. The molecule has 0 heterocycles. The highest BCUT2D eigenvalue weighted by atomic mass is 31.2. The van der Waals surface area contributed by atoms with Gasteiger partial charge >= 0.3 is 39.5 Å². The molecule has 2 unspecified atom stereocenters. The van der Waals surface area contributed by atoms with Gasteiger partial charge < -0.3 is 33.8 Å². The van der Waals surface area contributed by atoms with Crippen molar-refractivity contribution in [2.24, 2.45) is 11.8 Å². The molecule has 0 saturated heterocycles. The maximum Gasteiger partial charge on any atom is 0.472 e. The van der Waals surface area contributed by atoms with Crippen molar-refractivity contribution >= 4 is 39.5 Å². The number of esters is 4. The number of phosphoric acid groups is 2. The molecule has 0 aliphatic heterocycles. The molecule has 0 aromatic carbocycles. The van der Waals surface area contributed by atoms with E-state index in [1.807, 2.05) is 0 Å². The third-order valence-electron chi connectivity index (χ3n) is 17.2. The van der Waals surface area contributed by atoms with E-state index in [0.717, 1.165) is 96.3 Å². The van der Waals surface area contributed by atoms with Crippen LogP contribution >= 0.6 is 15.6 Å². The summed E-state index contributed by atoms with van der Waals surface area (Å²) in [7, 11) is -9.90. The summed E-state index contributed by atoms with van der Waals surface area (Å²) in [6.07, 6.45) is 53.0. The Kier molecular flexibility index (Phi) is 64.6. The van der Waals surface area contributed by atoms with Gasteiger partial charge in [0.2, 0.25) is 0 Å². The highest BCUT2D eigenvalue weighted by Gasteiger charge is 2.30. The Bertz CT molecular complexity index is 1800. The number of hydrogen-bond donors (Lipinski definition) is 3. The molecular weight excluding hydrogens is 1220 g/mol. The monoisotopic (exact) mass is 1370 g/mol. The molecule has 5 atom stereocenters. The zero-order valence-electron chi connectivity index (χ0n) is 60.6. The normalized spacial score (nSPS) is 14.1. The van der Waals surface area contributed by atoms with Crippen LogP contribution in [0, 0.1) is 11.8 Å². The number of unbranched alkanes of at least 4 members (excludes halogenated alkanes) is 43. The van der Waals surface area contributed by atoms with Crippen LogP contribution < -0.4 is 0 Å². The fraction of sp³-hybridized carbons (Fsp3) is 0.946. The lowest BCUT2D eigenvalue weighted by molar-refractivity contribution is -0.161. The largest absolute Gasteiger partial charge is 0.472 e. The van der Waals surface area contributed by atoms with E-state index in [-0.39, 0.29) is 25.7 Å². The van der Waals surface area contributed by atoms with E-state index in [9.17, 15) is 43.2 Å². The van der Waals surface area contributed by atoms with E-state index in [1.54, 1.807) is 0 Å². The van der Waals surface area contributed by atoms with Crippen LogP contribution in [0.1, 0.15) is 382 Å². The predicted octanol–water partition coefficient (Wildman–Crippen LogP) is 21.6. The van der Waals surface area contributed by atoms with Gasteiger partial charge in [0.25, 0.3) is 0 Å². The van der Waals surface area contributed by atoms with Gasteiger partial charge in [0, 0.05) is 25.7 Å². The molecule has 0 aliphatic rings. The zero-order valence-corrected chi connectivity index (χ0v) is 62.3. The Labute approximate surface area is 568 Å². The zero-order chi connectivity index (χ0) is 68.6. The topological polar surface area (TPSA) is 237 Å². The van der Waals surface area contributed by atoms with Crippen molar-refractivity contribution in [3.63, 3.8) is 0 Å². The molecule has 0 radical (unpaired) electrons. The van der Waals surface area contributed by atoms with Crippen molar-refractivity contribution in [3.05, 3.63) is 0 Å². The fourth-order valence-electron chi connectivity index (χ4n) is 11.3. The first kappa shape index (κ1) is 91.1. The molecular formula is C74H144O17P2. The van der Waals surface area contributed by atoms with Crippen LogP contribution in [0.15, 0.2) is 0 Å². The minimum absolute atomic E-state index is 0.103. The van der Waals surface area contributed by atoms with Crippen molar-refractivity contribution in [1.82, 2.24) is 0 Å². The first-order chi connectivity index (χ1) is 44.9. The summed E-state index contributed by atoms with van der Waals surface area (Å²) in [5.41, 5.74) is 0. The second-order valence-corrected chi connectivity index (χ2v) is 30.5. The van der Waals surface area contributed by atoms with E-state index >= 15 is 0 Å². The summed E-state index contributed by atoms with van der Waals surface area (Å²) in [6.45, 7) is 9.46. The number of rotatable bonds is 73. The molecule has 552 valence electrons. The summed E-state index contributed by atoms with van der Waals surface area (Å²) < 4.78 is 68.4. The smallest absolute Gasteiger partial charge is 0.462 e. The van der Waals surface area contributed by atoms with Gasteiger partial charge in [-0.1, -0.05) is 330 Å². The van der Waals surface area contributed by atoms with Gasteiger partial charge in [-0.3, -0.25) is 37.3 Å². The van der Waals surface area contributed by atoms with Crippen molar-refractivity contribution in [3.8, 4) is 0 Å². The molecule has 3 N–H and O–H groups in total. The average Bonchev–Trinajstić information content (AvgIpc) is 1.89. The molecule has 0 amide bonds. The van der Waals surface area contributed by atoms with Crippen LogP contribution in [-0.2, 0) is 65.4 Å². The molecule has 93 heavy (non-hydrogen) atoms. The van der Waals surface area contributed by atoms with E-state index in [1.165, 1.54) is 193 Å². The van der Waals surface area contributed by atoms with Crippen LogP contribution in [0.2, 0.25) is 0 Å². The second kappa shape index (κ2) is 66.0. The lowest BCUT2D eigenvalue weighted by atomic mass is 10.0. The number of hydrogen-bond acceptors (Lipinski definition) is 15. The molecule has 0 saturated carbocycles. The maximum atomic E-state index is 13.1. The van der Waals surface area contributed by atoms with E-state index in [0.29, 0.717) is 37.5 Å². The summed E-state index contributed by atoms with van der Waals surface area (Å²) in [5, 5.41) is 10.6. The average molecular weight is 1370 g/mol. The maximum absolute atomic E-state index is 13.1. The highest BCUT2D eigenvalue weighted by Crippen LogP contribution is 2.45. The number of aliphatic hydroxyl groups is 1. The van der Waals surface area contributed by atoms with Crippen LogP contribution in [-0.4, -0.2) is 96.7 Å². The molecule has 0 fully saturated rings. The van der Waals surface area contributed by atoms with Crippen LogP contribution in [0.5, 0.6) is 0 Å². The minimum atomic E-state index is -4.95. The lowest BCUT2D eigenvalue weighted by Gasteiger charge is -2.21. The molecule has 0 rings (SSSR count). The molecule has 0 aliphatic carbocycles. The van der Waals surface area contributed by atoms with Gasteiger partial charge in [-0.2, -0.15) is 0 Å². The molecule has 0 aromatic heterocycles. The predicted molar refractivity (Wildman–Crippen MR) is 377 cm³/mol. The Hall–Kier alpha value is -1.94. The lowest BCUT2D eigenvalue weighted by Crippen LogP contribution is -2.30. The summed E-state index contributed by atoms with van der Waals surface area (Å²) in [4.78, 5) is 72.6. The number of phosphoric ester groups is 2. The quantitative estimate of drug-likeness (QED) is 0.0222. The van der Waals surface area contributed by atoms with Crippen LogP contribution in [0.3, 0.4) is 0 Å². The van der Waals surface area contributed by atoms with Gasteiger partial charge in [0.1, 0.15) is 19.3 Å². The second-order valence-electron chi connectivity index (χ2n) is 27.6. The van der Waals surface area contributed by atoms with Crippen LogP contribution in [0.4, 0.5) is 0 Å². The summed E-state index contributed by atoms with van der Waals surface area (Å²) >= 11 is 0. The van der Waals surface area contributed by atoms with E-state index in [2.05, 4.69) is 41.5 Å². The highest BCUT2D eigenvalue weighted by molar-refractivity contribution is 7.47. The fourth-order valence-corrected chi connectivity index (χ4v) is 12.9. The standard InChI is InChI=1S/C74H144O17P2/c1-7-9-11-13-15-17-19-21-22-23-24-25-26-27-29-31-33-39-46-52-58-73(78)90-69(62-84-71(76)56-50-44-38-32-30-28-20-18-16-14-12-10-8-2)64-88-92(80,81)86-60-68(75)61-87-93(82,83)89-65-70(91-74(79)59-53-47-41-35-37-43-49-55-67(5)6)63-85-72(77)57-51-45-40-34-36-42-48-54-66(3)4/h66-70,75H,7-65H2,1-6H3,(H,80,81)(H,82,83)/t68-,69-,70-/m1/s1. The molecule has 19 heteroatoms. The third-order valence-corrected chi connectivity index (χ3v) is 19.1. The van der Waals surface area contributed by atoms with Gasteiger partial charge in [-0.25, -0.2) is 9.13 Å². The first-order valence-electron chi connectivity index (χ1n) is 38.5. The van der Waals surface area contributed by atoms with Gasteiger partial charge in [-0.15, -0.1) is 0 Å². The van der Waals surface area contributed by atoms with E-state index < -0.39 is 97.5 Å². The van der Waals surface area contributed by atoms with Gasteiger partial charge in [-0.05, 0) is 37.5 Å². The SMILES string of the molecule is CCCCCCCCCCCCCCCCCCCCCCC(=O)O[C@H](COC(=O)CCCCCCCCCCCCCCC)COP(=O)(O)OC[C@@H](O)COP(=O)(O)OC[C@@H](COC(=O)CCCCCCCCCC(C)C)OC(=O)CCCCCCCCCC(C)C. The van der Waals surface area contributed by atoms with Crippen molar-refractivity contribution in [1.29, 1.82) is 0 Å². The molecule has 17 nitrogen and oxygen atoms in total. The Morgan fingerprint density at radius 2 is 0.495 bits per heavy atom. The third kappa shape index (κ3) is 68.4. The molecule has 0 spiro atoms. The Balaban J connectivity index is 5.20. The van der Waals surface area contributed by atoms with Crippen LogP contribution in [0.25, 0.3) is 0 Å². The Morgan fingerprint density at radius 1 is 0.290 bits per heavy atom. The number of carbonyl (C=O) groups excluding carboxylic acids is 4. The van der Waals surface area contributed by atoms with Crippen molar-refractivity contribution < 1.29 is 80.2 Å². The van der Waals surface area contributed by atoms with Crippen molar-refractivity contribution in [2.75, 3.05) is 39.6 Å². The minimum Gasteiger partial charge on any atom is -0.462 e. The number of ether oxygens (including phenoxy) is 4. The van der Waals surface area contributed by atoms with Gasteiger partial charge in [0.15, 0.2) is 12.2 Å². The first-order valence-corrected chi connectivity index (χ1v) is 41.5.